The summed E-state index contributed by atoms with van der Waals surface area (Å²) in [5.41, 5.74) is 4.70. The number of carbonyl (C=O) groups excluding carboxylic acids is 2. The van der Waals surface area contributed by atoms with Gasteiger partial charge in [-0.2, -0.15) is 0 Å². The molecule has 2 aromatic heterocycles. The highest BCUT2D eigenvalue weighted by atomic mass is 32.2. The highest BCUT2D eigenvalue weighted by molar-refractivity contribution is 8.00. The maximum atomic E-state index is 13.2. The number of allylic oxidation sites excluding steroid dienone is 2. The number of aliphatic carboxylic acids is 1. The molecule has 39 heavy (non-hydrogen) atoms. The number of anilines is 1. The highest BCUT2D eigenvalue weighted by Crippen LogP contribution is 2.44. The van der Waals surface area contributed by atoms with Gasteiger partial charge in [0.1, 0.15) is 28.6 Å². The maximum Gasteiger partial charge on any atom is 0.313 e. The lowest BCUT2D eigenvalue weighted by Crippen LogP contribution is -2.74. The van der Waals surface area contributed by atoms with Crippen molar-refractivity contribution in [1.82, 2.24) is 35.4 Å². The first-order chi connectivity index (χ1) is 18.8. The molecule has 3 unspecified atom stereocenters. The van der Waals surface area contributed by atoms with Crippen molar-refractivity contribution in [3.05, 3.63) is 35.9 Å². The number of amides is 2. The van der Waals surface area contributed by atoms with Gasteiger partial charge in [0.2, 0.25) is 11.1 Å². The second kappa shape index (κ2) is 11.4. The van der Waals surface area contributed by atoms with Crippen LogP contribution in [0, 0.1) is 5.41 Å². The summed E-state index contributed by atoms with van der Waals surface area (Å²) < 4.78 is 1.52. The summed E-state index contributed by atoms with van der Waals surface area (Å²) in [4.78, 5) is 49.8. The number of thioether (sulfide) groups is 2. The summed E-state index contributed by atoms with van der Waals surface area (Å²) in [6, 6.07) is -0.839. The normalized spacial score (nSPS) is 26.2. The molecule has 4 heterocycles. The van der Waals surface area contributed by atoms with Crippen LogP contribution in [0.15, 0.2) is 40.5 Å². The SMILES string of the molecule is C=CCn1nnnc1SCC1(C(=O)O)CS[C@@H]2C(NC(=O)C(=NOC3C=CCC3)c3csc(N)n3)C(=O)N2C1. The lowest BCUT2D eigenvalue weighted by Gasteiger charge is -2.53. The number of hydrogen-bond donors (Lipinski definition) is 3. The number of β-lactam (4-membered cyclic amide) rings is 1. The zero-order valence-corrected chi connectivity index (χ0v) is 23.0. The van der Waals surface area contributed by atoms with Crippen LogP contribution in [0.1, 0.15) is 18.5 Å². The Hall–Kier alpha value is -3.44. The Morgan fingerprint density at radius 3 is 3.00 bits per heavy atom. The Morgan fingerprint density at radius 2 is 2.31 bits per heavy atom. The number of aromatic nitrogens is 5. The van der Waals surface area contributed by atoms with Crippen molar-refractivity contribution in [2.24, 2.45) is 10.6 Å². The van der Waals surface area contributed by atoms with Crippen molar-refractivity contribution in [2.45, 2.75) is 42.1 Å². The molecule has 0 aromatic carbocycles. The van der Waals surface area contributed by atoms with Gasteiger partial charge in [0.25, 0.3) is 5.91 Å². The molecule has 2 amide bonds. The summed E-state index contributed by atoms with van der Waals surface area (Å²) in [5, 5.41) is 30.3. The summed E-state index contributed by atoms with van der Waals surface area (Å²) in [6.45, 7) is 4.05. The van der Waals surface area contributed by atoms with E-state index in [1.54, 1.807) is 11.5 Å². The third-order valence-electron chi connectivity index (χ3n) is 6.39. The van der Waals surface area contributed by atoms with Gasteiger partial charge in [0, 0.05) is 23.4 Å². The van der Waals surface area contributed by atoms with E-state index in [0.29, 0.717) is 11.7 Å². The standard InChI is InChI=1S/C22H25N9O5S3/c1-2-7-31-21(26-28-29-31)39-11-22(19(34)35)9-30-17(33)15(18(30)38-10-22)25-16(32)14(13-8-37-20(23)24-13)27-36-12-5-3-4-6-12/h2-3,5,8,12,15,18H,1,4,6-7,9-11H2,(H2,23,24)(H,25,32)(H,34,35)/t12?,15?,18-,22?/m1/s1. The molecule has 2 fully saturated rings. The van der Waals surface area contributed by atoms with Gasteiger partial charge in [-0.15, -0.1) is 34.8 Å². The van der Waals surface area contributed by atoms with Crippen molar-refractivity contribution in [3.63, 3.8) is 0 Å². The smallest absolute Gasteiger partial charge is 0.313 e. The minimum Gasteiger partial charge on any atom is -0.481 e. The predicted molar refractivity (Wildman–Crippen MR) is 145 cm³/mol. The van der Waals surface area contributed by atoms with Crippen LogP contribution in [-0.4, -0.2) is 94.3 Å². The zero-order valence-electron chi connectivity index (χ0n) is 20.5. The van der Waals surface area contributed by atoms with Crippen LogP contribution in [-0.2, 0) is 25.8 Å². The molecular weight excluding hydrogens is 567 g/mol. The highest BCUT2D eigenvalue weighted by Gasteiger charge is 2.57. The van der Waals surface area contributed by atoms with Gasteiger partial charge in [0.05, 0.1) is 6.54 Å². The largest absolute Gasteiger partial charge is 0.481 e. The molecule has 0 saturated carbocycles. The predicted octanol–water partition coefficient (Wildman–Crippen LogP) is 0.600. The van der Waals surface area contributed by atoms with E-state index in [-0.39, 0.29) is 46.6 Å². The summed E-state index contributed by atoms with van der Waals surface area (Å²) in [6.07, 6.45) is 6.84. The van der Waals surface area contributed by atoms with E-state index < -0.39 is 28.7 Å². The minimum absolute atomic E-state index is 0.00190. The Bertz CT molecular complexity index is 1340. The van der Waals surface area contributed by atoms with Crippen molar-refractivity contribution < 1.29 is 24.3 Å². The van der Waals surface area contributed by atoms with Crippen LogP contribution in [0.4, 0.5) is 5.13 Å². The molecule has 5 rings (SSSR count). The van der Waals surface area contributed by atoms with Crippen LogP contribution >= 0.6 is 34.9 Å². The fraction of sp³-hybridized carbons (Fsp3) is 0.455. The number of oxime groups is 1. The van der Waals surface area contributed by atoms with Crippen molar-refractivity contribution in [3.8, 4) is 0 Å². The first-order valence-corrected chi connectivity index (χ1v) is 14.8. The van der Waals surface area contributed by atoms with Crippen LogP contribution in [0.2, 0.25) is 0 Å². The molecule has 4 N–H and O–H groups in total. The minimum atomic E-state index is -1.21. The van der Waals surface area contributed by atoms with E-state index >= 15 is 0 Å². The number of carboxylic acids is 1. The number of fused-ring (bicyclic) bond motifs is 1. The third-order valence-corrected chi connectivity index (χ3v) is 9.90. The van der Waals surface area contributed by atoms with Gasteiger partial charge in [-0.3, -0.25) is 14.4 Å². The van der Waals surface area contributed by atoms with Gasteiger partial charge in [0.15, 0.2) is 10.8 Å². The number of nitrogens with two attached hydrogens (primary N) is 1. The van der Waals surface area contributed by atoms with Gasteiger partial charge in [-0.05, 0) is 29.3 Å². The molecule has 17 heteroatoms. The number of nitrogens with one attached hydrogen (secondary N) is 1. The molecule has 3 aliphatic rings. The first-order valence-electron chi connectivity index (χ1n) is 11.9. The fourth-order valence-electron chi connectivity index (χ4n) is 4.27. The summed E-state index contributed by atoms with van der Waals surface area (Å²) in [7, 11) is 0. The Morgan fingerprint density at radius 1 is 1.46 bits per heavy atom. The number of nitrogens with zero attached hydrogens (tertiary/aromatic N) is 7. The van der Waals surface area contributed by atoms with E-state index in [0.717, 1.165) is 24.2 Å². The van der Waals surface area contributed by atoms with E-state index in [9.17, 15) is 19.5 Å². The van der Waals surface area contributed by atoms with Gasteiger partial charge < -0.3 is 25.9 Å². The molecule has 0 bridgehead atoms. The van der Waals surface area contributed by atoms with Gasteiger partial charge in [-0.1, -0.05) is 29.1 Å². The lowest BCUT2D eigenvalue weighted by atomic mass is 9.89. The van der Waals surface area contributed by atoms with E-state index in [1.165, 1.54) is 33.1 Å². The zero-order chi connectivity index (χ0) is 27.6. The van der Waals surface area contributed by atoms with Gasteiger partial charge in [-0.25, -0.2) is 9.67 Å². The number of carboxylic acid groups (broad SMARTS) is 1. The van der Waals surface area contributed by atoms with Crippen molar-refractivity contribution in [1.29, 1.82) is 0 Å². The van der Waals surface area contributed by atoms with Crippen LogP contribution < -0.4 is 11.1 Å². The number of nitrogen functional groups attached to an aromatic ring is 1. The average Bonchev–Trinajstić information content (AvgIpc) is 3.69. The topological polar surface area (TPSA) is 191 Å². The summed E-state index contributed by atoms with van der Waals surface area (Å²) >= 11 is 3.68. The van der Waals surface area contributed by atoms with E-state index in [4.69, 9.17) is 10.6 Å². The molecule has 206 valence electrons. The maximum absolute atomic E-state index is 13.2. The number of hydrogen-bond acceptors (Lipinski definition) is 13. The Balaban J connectivity index is 1.25. The van der Waals surface area contributed by atoms with Crippen LogP contribution in [0.25, 0.3) is 0 Å². The Kier molecular flexibility index (Phi) is 7.90. The third kappa shape index (κ3) is 5.51. The van der Waals surface area contributed by atoms with E-state index in [2.05, 4.69) is 37.6 Å². The van der Waals surface area contributed by atoms with Crippen LogP contribution in [0.5, 0.6) is 0 Å². The van der Waals surface area contributed by atoms with Crippen molar-refractivity contribution in [2.75, 3.05) is 23.8 Å². The summed E-state index contributed by atoms with van der Waals surface area (Å²) in [5.74, 6) is -1.61. The monoisotopic (exact) mass is 591 g/mol. The molecule has 14 nitrogen and oxygen atoms in total. The Labute approximate surface area is 235 Å². The van der Waals surface area contributed by atoms with Crippen LogP contribution in [0.3, 0.4) is 0 Å². The lowest BCUT2D eigenvalue weighted by molar-refractivity contribution is -0.157. The van der Waals surface area contributed by atoms with Gasteiger partial charge >= 0.3 is 5.97 Å². The second-order valence-electron chi connectivity index (χ2n) is 9.09. The molecule has 2 aliphatic heterocycles. The van der Waals surface area contributed by atoms with E-state index in [1.807, 2.05) is 12.2 Å². The quantitative estimate of drug-likeness (QED) is 0.109. The second-order valence-corrected chi connectivity index (χ2v) is 12.0. The fourth-order valence-corrected chi connectivity index (χ4v) is 7.56. The molecule has 1 aliphatic carbocycles. The molecule has 2 saturated heterocycles. The molecular formula is C22H25N9O5S3. The molecule has 0 spiro atoms. The number of rotatable bonds is 11. The first kappa shape index (κ1) is 27.1. The number of thiazole rings is 1. The number of carbonyl (C=O) groups is 3. The van der Waals surface area contributed by atoms with Crippen molar-refractivity contribution >= 4 is 63.5 Å². The average molecular weight is 592 g/mol. The number of tetrazole rings is 1. The molecule has 4 atom stereocenters. The molecule has 2 aromatic rings. The molecule has 0 radical (unpaired) electrons.